The van der Waals surface area contributed by atoms with E-state index in [0.29, 0.717) is 33.5 Å². The summed E-state index contributed by atoms with van der Waals surface area (Å²) in [6, 6.07) is 18.3. The van der Waals surface area contributed by atoms with E-state index in [0.717, 1.165) is 5.69 Å². The molecule has 0 spiro atoms. The smallest absolute Gasteiger partial charge is 0.340 e. The fourth-order valence-electron chi connectivity index (χ4n) is 3.59. The molecule has 0 amide bonds. The van der Waals surface area contributed by atoms with Gasteiger partial charge in [-0.2, -0.15) is 0 Å². The predicted octanol–water partition coefficient (Wildman–Crippen LogP) is 4.16. The van der Waals surface area contributed by atoms with Gasteiger partial charge in [0.25, 0.3) is 5.56 Å². The molecule has 0 bridgehead atoms. The predicted molar refractivity (Wildman–Crippen MR) is 115 cm³/mol. The molecule has 0 aliphatic carbocycles. The Bertz CT molecular complexity index is 1290. The third kappa shape index (κ3) is 3.22. The minimum absolute atomic E-state index is 0.262. The molecule has 0 saturated carbocycles. The second kappa shape index (κ2) is 7.83. The number of rotatable bonds is 4. The highest BCUT2D eigenvalue weighted by molar-refractivity contribution is 6.07. The van der Waals surface area contributed by atoms with Crippen molar-refractivity contribution in [2.75, 3.05) is 14.2 Å². The van der Waals surface area contributed by atoms with Gasteiger partial charge in [-0.1, -0.05) is 30.3 Å². The van der Waals surface area contributed by atoms with E-state index in [1.165, 1.54) is 7.11 Å². The summed E-state index contributed by atoms with van der Waals surface area (Å²) in [7, 11) is 2.90. The number of carbonyl (C=O) groups is 1. The summed E-state index contributed by atoms with van der Waals surface area (Å²) in [6.45, 7) is 1.74. The number of pyridine rings is 2. The average Bonchev–Trinajstić information content (AvgIpc) is 2.78. The molecule has 4 aromatic rings. The lowest BCUT2D eigenvalue weighted by Crippen LogP contribution is -2.20. The van der Waals surface area contributed by atoms with Crippen molar-refractivity contribution >= 4 is 16.9 Å². The van der Waals surface area contributed by atoms with Gasteiger partial charge < -0.3 is 9.47 Å². The Balaban J connectivity index is 2.13. The normalized spacial score (nSPS) is 10.8. The van der Waals surface area contributed by atoms with Crippen LogP contribution in [0.4, 0.5) is 0 Å². The summed E-state index contributed by atoms with van der Waals surface area (Å²) >= 11 is 0. The third-order valence-electron chi connectivity index (χ3n) is 5.02. The largest absolute Gasteiger partial charge is 0.497 e. The fraction of sp³-hybridized carbons (Fsp3) is 0.125. The van der Waals surface area contributed by atoms with Gasteiger partial charge in [0.05, 0.1) is 36.4 Å². The summed E-state index contributed by atoms with van der Waals surface area (Å²) < 4.78 is 11.8. The highest BCUT2D eigenvalue weighted by Crippen LogP contribution is 2.33. The molecule has 2 heterocycles. The van der Waals surface area contributed by atoms with Crippen LogP contribution in [0, 0.1) is 6.92 Å². The van der Waals surface area contributed by atoms with Crippen LogP contribution in [0.2, 0.25) is 0 Å². The Morgan fingerprint density at radius 1 is 0.967 bits per heavy atom. The van der Waals surface area contributed by atoms with Crippen molar-refractivity contribution < 1.29 is 14.3 Å². The Hall–Kier alpha value is -3.93. The first kappa shape index (κ1) is 19.4. The van der Waals surface area contributed by atoms with Crippen LogP contribution in [-0.4, -0.2) is 29.7 Å². The first-order chi connectivity index (χ1) is 14.5. The second-order valence-electron chi connectivity index (χ2n) is 6.75. The van der Waals surface area contributed by atoms with Gasteiger partial charge in [0, 0.05) is 17.4 Å². The number of nitrogens with zero attached hydrogens (tertiary/aromatic N) is 2. The second-order valence-corrected chi connectivity index (χ2v) is 6.75. The number of aryl methyl sites for hydroxylation is 1. The zero-order chi connectivity index (χ0) is 21.3. The quantitative estimate of drug-likeness (QED) is 0.481. The first-order valence-electron chi connectivity index (χ1n) is 9.39. The molecule has 0 fully saturated rings. The summed E-state index contributed by atoms with van der Waals surface area (Å²) in [4.78, 5) is 30.8. The van der Waals surface area contributed by atoms with Crippen molar-refractivity contribution in [2.24, 2.45) is 0 Å². The Morgan fingerprint density at radius 3 is 2.30 bits per heavy atom. The van der Waals surface area contributed by atoms with Crippen LogP contribution in [0.25, 0.3) is 27.7 Å². The number of hydrogen-bond donors (Lipinski definition) is 0. The van der Waals surface area contributed by atoms with Gasteiger partial charge in [-0.15, -0.1) is 0 Å². The number of hydrogen-bond acceptors (Lipinski definition) is 5. The highest BCUT2D eigenvalue weighted by Gasteiger charge is 2.23. The Kier molecular flexibility index (Phi) is 5.06. The van der Waals surface area contributed by atoms with E-state index in [-0.39, 0.29) is 11.1 Å². The summed E-state index contributed by atoms with van der Waals surface area (Å²) in [5.41, 5.74) is 2.96. The van der Waals surface area contributed by atoms with Crippen LogP contribution in [0.5, 0.6) is 5.75 Å². The van der Waals surface area contributed by atoms with E-state index in [1.807, 2.05) is 42.5 Å². The molecule has 2 aromatic carbocycles. The molecule has 6 nitrogen and oxygen atoms in total. The van der Waals surface area contributed by atoms with Crippen LogP contribution < -0.4 is 10.3 Å². The number of carbonyl (C=O) groups excluding carboxylic acids is 1. The summed E-state index contributed by atoms with van der Waals surface area (Å²) in [5.74, 6) is 0.136. The molecule has 2 aromatic heterocycles. The summed E-state index contributed by atoms with van der Waals surface area (Å²) in [6.07, 6.45) is 1.70. The lowest BCUT2D eigenvalue weighted by molar-refractivity contribution is 0.0600. The highest BCUT2D eigenvalue weighted by atomic mass is 16.5. The van der Waals surface area contributed by atoms with Crippen LogP contribution in [0.3, 0.4) is 0 Å². The van der Waals surface area contributed by atoms with Crippen molar-refractivity contribution in [3.8, 4) is 22.6 Å². The lowest BCUT2D eigenvalue weighted by Gasteiger charge is -2.16. The van der Waals surface area contributed by atoms with E-state index in [1.54, 1.807) is 43.0 Å². The minimum Gasteiger partial charge on any atom is -0.497 e. The molecular formula is C24H20N2O4. The molecule has 6 heteroatoms. The lowest BCUT2D eigenvalue weighted by atomic mass is 9.95. The summed E-state index contributed by atoms with van der Waals surface area (Å²) in [5, 5.41) is 0.359. The van der Waals surface area contributed by atoms with Gasteiger partial charge in [0.1, 0.15) is 5.75 Å². The number of fused-ring (bicyclic) bond motifs is 1. The average molecular weight is 400 g/mol. The van der Waals surface area contributed by atoms with Crippen molar-refractivity contribution in [1.82, 2.24) is 9.55 Å². The van der Waals surface area contributed by atoms with Gasteiger partial charge in [-0.25, -0.2) is 4.79 Å². The van der Waals surface area contributed by atoms with E-state index in [4.69, 9.17) is 9.47 Å². The monoisotopic (exact) mass is 400 g/mol. The van der Waals surface area contributed by atoms with Crippen molar-refractivity contribution in [2.45, 2.75) is 6.92 Å². The zero-order valence-corrected chi connectivity index (χ0v) is 16.9. The molecule has 0 saturated heterocycles. The van der Waals surface area contributed by atoms with E-state index < -0.39 is 5.97 Å². The topological polar surface area (TPSA) is 70.4 Å². The third-order valence-corrected chi connectivity index (χ3v) is 5.02. The van der Waals surface area contributed by atoms with Crippen molar-refractivity contribution in [1.29, 1.82) is 0 Å². The number of benzene rings is 2. The van der Waals surface area contributed by atoms with Crippen molar-refractivity contribution in [3.63, 3.8) is 0 Å². The maximum absolute atomic E-state index is 13.6. The van der Waals surface area contributed by atoms with Gasteiger partial charge in [0.2, 0.25) is 0 Å². The minimum atomic E-state index is -0.540. The van der Waals surface area contributed by atoms with Crippen LogP contribution >= 0.6 is 0 Å². The van der Waals surface area contributed by atoms with Crippen LogP contribution in [0.1, 0.15) is 16.1 Å². The van der Waals surface area contributed by atoms with E-state index in [9.17, 15) is 9.59 Å². The Labute approximate surface area is 173 Å². The van der Waals surface area contributed by atoms with E-state index >= 15 is 0 Å². The molecule has 0 aliphatic heterocycles. The fourth-order valence-corrected chi connectivity index (χ4v) is 3.59. The number of methoxy groups -OCH3 is 2. The zero-order valence-electron chi connectivity index (χ0n) is 16.9. The Morgan fingerprint density at radius 2 is 1.67 bits per heavy atom. The number of aromatic nitrogens is 2. The molecule has 0 unspecified atom stereocenters. The SMILES string of the molecule is COC(=O)c1c(C)nc2ccn(-c3ccccc3)c(=O)c2c1-c1ccc(OC)cc1. The van der Waals surface area contributed by atoms with Gasteiger partial charge in [-0.05, 0) is 42.8 Å². The van der Waals surface area contributed by atoms with Gasteiger partial charge >= 0.3 is 5.97 Å². The van der Waals surface area contributed by atoms with E-state index in [2.05, 4.69) is 4.98 Å². The van der Waals surface area contributed by atoms with Crippen LogP contribution in [0.15, 0.2) is 71.7 Å². The molecule has 30 heavy (non-hydrogen) atoms. The molecule has 0 N–H and O–H groups in total. The molecule has 150 valence electrons. The maximum atomic E-state index is 13.6. The standard InChI is InChI=1S/C24H20N2O4/c1-15-20(24(28)30-3)21(16-9-11-18(29-2)12-10-16)22-19(25-15)13-14-26(23(22)27)17-7-5-4-6-8-17/h4-14H,1-3H3. The maximum Gasteiger partial charge on any atom is 0.340 e. The molecule has 0 radical (unpaired) electrons. The first-order valence-corrected chi connectivity index (χ1v) is 9.39. The van der Waals surface area contributed by atoms with Gasteiger partial charge in [0.15, 0.2) is 0 Å². The van der Waals surface area contributed by atoms with Crippen molar-refractivity contribution in [3.05, 3.63) is 88.5 Å². The molecule has 0 atom stereocenters. The number of ether oxygens (including phenoxy) is 2. The number of para-hydroxylation sites is 1. The van der Waals surface area contributed by atoms with Gasteiger partial charge in [-0.3, -0.25) is 14.3 Å². The van der Waals surface area contributed by atoms with Crippen LogP contribution in [-0.2, 0) is 4.74 Å². The molecule has 0 aliphatic rings. The molecular weight excluding hydrogens is 380 g/mol. The molecule has 4 rings (SSSR count). The number of esters is 1.